The molecule has 1 aliphatic heterocycles. The molecule has 1 heterocycles. The summed E-state index contributed by atoms with van der Waals surface area (Å²) in [6, 6.07) is 10.8. The number of fused-ring (bicyclic) bond motifs is 1. The van der Waals surface area contributed by atoms with E-state index in [2.05, 4.69) is 0 Å². The molecule has 0 unspecified atom stereocenters. The molecule has 1 fully saturated rings. The highest BCUT2D eigenvalue weighted by Crippen LogP contribution is 2.31. The van der Waals surface area contributed by atoms with Crippen LogP contribution in [0.25, 0.3) is 10.8 Å². The number of rotatable bonds is 6. The van der Waals surface area contributed by atoms with Crippen LogP contribution in [0.2, 0.25) is 5.02 Å². The van der Waals surface area contributed by atoms with Gasteiger partial charge in [-0.15, -0.1) is 0 Å². The first-order valence-electron chi connectivity index (χ1n) is 9.07. The van der Waals surface area contributed by atoms with Crippen molar-refractivity contribution in [1.29, 1.82) is 0 Å². The van der Waals surface area contributed by atoms with E-state index < -0.39 is 9.84 Å². The van der Waals surface area contributed by atoms with Crippen molar-refractivity contribution in [3.8, 4) is 5.75 Å². The Kier molecular flexibility index (Phi) is 5.96. The Bertz CT molecular complexity index is 942. The quantitative estimate of drug-likeness (QED) is 0.731. The number of amides is 1. The molecule has 2 aromatic rings. The third kappa shape index (κ3) is 4.74. The Balaban J connectivity index is 1.76. The number of carbonyl (C=O) groups is 1. The topological polar surface area (TPSA) is 63.7 Å². The maximum atomic E-state index is 12.8. The minimum Gasteiger partial charge on any atom is -0.483 e. The zero-order chi connectivity index (χ0) is 19.6. The minimum absolute atomic E-state index is 0.0370. The monoisotopic (exact) mass is 409 g/mol. The van der Waals surface area contributed by atoms with E-state index in [1.807, 2.05) is 38.1 Å². The lowest BCUT2D eigenvalue weighted by atomic mass is 10.1. The molecule has 5 nitrogen and oxygen atoms in total. The van der Waals surface area contributed by atoms with Gasteiger partial charge in [0.05, 0.1) is 11.5 Å². The summed E-state index contributed by atoms with van der Waals surface area (Å²) in [5, 5.41) is 2.34. The fourth-order valence-corrected chi connectivity index (χ4v) is 5.41. The molecule has 0 aliphatic carbocycles. The molecule has 27 heavy (non-hydrogen) atoms. The van der Waals surface area contributed by atoms with E-state index in [-0.39, 0.29) is 36.0 Å². The van der Waals surface area contributed by atoms with Crippen molar-refractivity contribution >= 4 is 38.1 Å². The van der Waals surface area contributed by atoms with Crippen LogP contribution in [-0.2, 0) is 14.6 Å². The van der Waals surface area contributed by atoms with E-state index >= 15 is 0 Å². The van der Waals surface area contributed by atoms with Crippen LogP contribution in [0, 0.1) is 5.92 Å². The third-order valence-electron chi connectivity index (χ3n) is 4.71. The molecule has 0 radical (unpaired) electrons. The predicted molar refractivity (Wildman–Crippen MR) is 108 cm³/mol. The van der Waals surface area contributed by atoms with Crippen LogP contribution in [-0.4, -0.2) is 49.9 Å². The largest absolute Gasteiger partial charge is 0.483 e. The number of hydrogen-bond acceptors (Lipinski definition) is 4. The van der Waals surface area contributed by atoms with Gasteiger partial charge in [-0.05, 0) is 24.5 Å². The molecule has 0 aromatic heterocycles. The average molecular weight is 410 g/mol. The predicted octanol–water partition coefficient (Wildman–Crippen LogP) is 3.54. The average Bonchev–Trinajstić information content (AvgIpc) is 2.98. The third-order valence-corrected chi connectivity index (χ3v) is 6.79. The zero-order valence-corrected chi connectivity index (χ0v) is 17.1. The first-order chi connectivity index (χ1) is 12.8. The molecule has 1 amide bonds. The van der Waals surface area contributed by atoms with Crippen LogP contribution >= 0.6 is 11.6 Å². The lowest BCUT2D eigenvalue weighted by Gasteiger charge is -2.30. The summed E-state index contributed by atoms with van der Waals surface area (Å²) in [6.45, 7) is 4.41. The highest BCUT2D eigenvalue weighted by atomic mass is 35.5. The Hall–Kier alpha value is -1.79. The van der Waals surface area contributed by atoms with Crippen LogP contribution in [0.5, 0.6) is 5.75 Å². The van der Waals surface area contributed by atoms with E-state index in [4.69, 9.17) is 16.3 Å². The Morgan fingerprint density at radius 1 is 1.22 bits per heavy atom. The van der Waals surface area contributed by atoms with Crippen molar-refractivity contribution in [3.63, 3.8) is 0 Å². The van der Waals surface area contributed by atoms with Gasteiger partial charge in [0.25, 0.3) is 5.91 Å². The zero-order valence-electron chi connectivity index (χ0n) is 15.5. The summed E-state index contributed by atoms with van der Waals surface area (Å²) in [5.41, 5.74) is 0. The first-order valence-corrected chi connectivity index (χ1v) is 11.3. The molecule has 3 rings (SSSR count). The summed E-state index contributed by atoms with van der Waals surface area (Å²) in [6.07, 6.45) is 0.491. The standard InChI is InChI=1S/C20H24ClNO4S/c1-14(2)11-22(15-9-10-27(24,25)13-15)20(23)12-26-19-8-7-18(21)16-5-3-4-6-17(16)19/h3-8,14-15H,9-13H2,1-2H3/t15-/m1/s1. The smallest absolute Gasteiger partial charge is 0.260 e. The van der Waals surface area contributed by atoms with Gasteiger partial charge in [-0.25, -0.2) is 8.42 Å². The van der Waals surface area contributed by atoms with Crippen molar-refractivity contribution < 1.29 is 17.9 Å². The van der Waals surface area contributed by atoms with Crippen molar-refractivity contribution in [2.45, 2.75) is 26.3 Å². The number of benzene rings is 2. The number of nitrogens with zero attached hydrogens (tertiary/aromatic N) is 1. The van der Waals surface area contributed by atoms with Crippen molar-refractivity contribution in [3.05, 3.63) is 41.4 Å². The molecular weight excluding hydrogens is 386 g/mol. The summed E-state index contributed by atoms with van der Waals surface area (Å²) in [7, 11) is -3.06. The Labute approximate surface area is 165 Å². The van der Waals surface area contributed by atoms with E-state index in [9.17, 15) is 13.2 Å². The molecule has 146 valence electrons. The maximum Gasteiger partial charge on any atom is 0.260 e. The lowest BCUT2D eigenvalue weighted by molar-refractivity contribution is -0.135. The lowest BCUT2D eigenvalue weighted by Crippen LogP contribution is -2.45. The van der Waals surface area contributed by atoms with E-state index in [1.54, 1.807) is 17.0 Å². The highest BCUT2D eigenvalue weighted by molar-refractivity contribution is 7.91. The number of hydrogen-bond donors (Lipinski definition) is 0. The van der Waals surface area contributed by atoms with Gasteiger partial charge in [0.1, 0.15) is 5.75 Å². The van der Waals surface area contributed by atoms with Crippen LogP contribution in [0.4, 0.5) is 0 Å². The van der Waals surface area contributed by atoms with Crippen molar-refractivity contribution in [1.82, 2.24) is 4.90 Å². The van der Waals surface area contributed by atoms with Gasteiger partial charge in [-0.2, -0.15) is 0 Å². The van der Waals surface area contributed by atoms with Gasteiger partial charge >= 0.3 is 0 Å². The molecule has 0 bridgehead atoms. The van der Waals surface area contributed by atoms with Crippen LogP contribution in [0.3, 0.4) is 0 Å². The number of carbonyl (C=O) groups excluding carboxylic acids is 1. The fraction of sp³-hybridized carbons (Fsp3) is 0.450. The molecule has 2 aromatic carbocycles. The van der Waals surface area contributed by atoms with Gasteiger partial charge < -0.3 is 9.64 Å². The highest BCUT2D eigenvalue weighted by Gasteiger charge is 2.35. The number of halogens is 1. The summed E-state index contributed by atoms with van der Waals surface area (Å²) >= 11 is 6.22. The fourth-order valence-electron chi connectivity index (χ4n) is 3.45. The van der Waals surface area contributed by atoms with Gasteiger partial charge in [0.15, 0.2) is 16.4 Å². The SMILES string of the molecule is CC(C)CN(C(=O)COc1ccc(Cl)c2ccccc12)[C@@H]1CCS(=O)(=O)C1. The van der Waals surface area contributed by atoms with Gasteiger partial charge in [-0.1, -0.05) is 49.7 Å². The second-order valence-electron chi connectivity index (χ2n) is 7.38. The number of ether oxygens (including phenoxy) is 1. The van der Waals surface area contributed by atoms with E-state index in [1.165, 1.54) is 0 Å². The van der Waals surface area contributed by atoms with E-state index in [0.29, 0.717) is 23.7 Å². The normalized spacial score (nSPS) is 18.7. The van der Waals surface area contributed by atoms with Gasteiger partial charge in [0, 0.05) is 28.4 Å². The molecule has 1 saturated heterocycles. The second kappa shape index (κ2) is 8.07. The Morgan fingerprint density at radius 2 is 1.93 bits per heavy atom. The van der Waals surface area contributed by atoms with Crippen LogP contribution in [0.1, 0.15) is 20.3 Å². The summed E-state index contributed by atoms with van der Waals surface area (Å²) in [5.74, 6) is 0.822. The molecule has 1 aliphatic rings. The van der Waals surface area contributed by atoms with Crippen molar-refractivity contribution in [2.75, 3.05) is 24.7 Å². The van der Waals surface area contributed by atoms with E-state index in [0.717, 1.165) is 10.8 Å². The van der Waals surface area contributed by atoms with Crippen LogP contribution in [0.15, 0.2) is 36.4 Å². The second-order valence-corrected chi connectivity index (χ2v) is 10.0. The molecule has 0 N–H and O–H groups in total. The molecular formula is C20H24ClNO4S. The minimum atomic E-state index is -3.06. The maximum absolute atomic E-state index is 12.8. The molecule has 0 saturated carbocycles. The summed E-state index contributed by atoms with van der Waals surface area (Å²) in [4.78, 5) is 14.5. The number of sulfone groups is 1. The molecule has 1 atom stereocenters. The van der Waals surface area contributed by atoms with Gasteiger partial charge in [-0.3, -0.25) is 4.79 Å². The Morgan fingerprint density at radius 3 is 2.56 bits per heavy atom. The van der Waals surface area contributed by atoms with Crippen LogP contribution < -0.4 is 4.74 Å². The van der Waals surface area contributed by atoms with Crippen molar-refractivity contribution in [2.24, 2.45) is 5.92 Å². The first kappa shape index (κ1) is 20.0. The summed E-state index contributed by atoms with van der Waals surface area (Å²) < 4.78 is 29.5. The molecule has 7 heteroatoms. The van der Waals surface area contributed by atoms with Gasteiger partial charge in [0.2, 0.25) is 0 Å². The molecule has 0 spiro atoms.